The summed E-state index contributed by atoms with van der Waals surface area (Å²) in [6.07, 6.45) is 1.59. The quantitative estimate of drug-likeness (QED) is 0.589. The summed E-state index contributed by atoms with van der Waals surface area (Å²) in [6.45, 7) is 1.82. The SMILES string of the molecule is Cc1cnc(NN)nc1Nc1cc(F)ccc1Cl. The number of rotatable bonds is 3. The molecule has 0 aliphatic heterocycles. The van der Waals surface area contributed by atoms with Crippen molar-refractivity contribution in [1.29, 1.82) is 0 Å². The number of halogens is 2. The van der Waals surface area contributed by atoms with Crippen LogP contribution >= 0.6 is 11.6 Å². The van der Waals surface area contributed by atoms with Crippen molar-refractivity contribution in [1.82, 2.24) is 9.97 Å². The molecule has 94 valence electrons. The van der Waals surface area contributed by atoms with Crippen molar-refractivity contribution in [3.63, 3.8) is 0 Å². The molecule has 0 fully saturated rings. The molecule has 0 aliphatic carbocycles. The lowest BCUT2D eigenvalue weighted by Gasteiger charge is -2.10. The van der Waals surface area contributed by atoms with E-state index in [1.54, 1.807) is 6.20 Å². The zero-order valence-corrected chi connectivity index (χ0v) is 10.3. The van der Waals surface area contributed by atoms with Crippen LogP contribution in [0.1, 0.15) is 5.56 Å². The van der Waals surface area contributed by atoms with Crippen LogP contribution in [0, 0.1) is 12.7 Å². The van der Waals surface area contributed by atoms with Crippen molar-refractivity contribution in [2.75, 3.05) is 10.7 Å². The van der Waals surface area contributed by atoms with Crippen molar-refractivity contribution in [3.8, 4) is 0 Å². The Kier molecular flexibility index (Phi) is 3.59. The number of hydrazine groups is 1. The predicted octanol–water partition coefficient (Wildman–Crippen LogP) is 2.61. The maximum Gasteiger partial charge on any atom is 0.239 e. The Bertz CT molecular complexity index is 575. The second kappa shape index (κ2) is 5.16. The third-order valence-corrected chi connectivity index (χ3v) is 2.61. The molecule has 0 amide bonds. The van der Waals surface area contributed by atoms with Crippen LogP contribution in [-0.2, 0) is 0 Å². The van der Waals surface area contributed by atoms with Gasteiger partial charge in [0.1, 0.15) is 11.6 Å². The van der Waals surface area contributed by atoms with Crippen molar-refractivity contribution in [2.45, 2.75) is 6.92 Å². The van der Waals surface area contributed by atoms with Crippen LogP contribution in [0.4, 0.5) is 21.8 Å². The first-order valence-electron chi connectivity index (χ1n) is 5.12. The number of nitrogens with two attached hydrogens (primary N) is 1. The highest BCUT2D eigenvalue weighted by Crippen LogP contribution is 2.26. The fraction of sp³-hybridized carbons (Fsp3) is 0.0909. The van der Waals surface area contributed by atoms with Crippen LogP contribution < -0.4 is 16.6 Å². The van der Waals surface area contributed by atoms with Gasteiger partial charge in [-0.3, -0.25) is 5.43 Å². The Labute approximate surface area is 108 Å². The Morgan fingerprint density at radius 2 is 2.17 bits per heavy atom. The average molecular weight is 268 g/mol. The van der Waals surface area contributed by atoms with E-state index in [4.69, 9.17) is 17.4 Å². The number of aromatic nitrogens is 2. The molecule has 18 heavy (non-hydrogen) atoms. The third-order valence-electron chi connectivity index (χ3n) is 2.28. The Hall–Kier alpha value is -1.92. The van der Waals surface area contributed by atoms with Gasteiger partial charge in [0, 0.05) is 11.8 Å². The van der Waals surface area contributed by atoms with Gasteiger partial charge < -0.3 is 5.32 Å². The molecule has 2 rings (SSSR count). The zero-order valence-electron chi connectivity index (χ0n) is 9.54. The number of hydrogen-bond donors (Lipinski definition) is 3. The van der Waals surface area contributed by atoms with Crippen molar-refractivity contribution >= 4 is 29.1 Å². The number of nitrogens with zero attached hydrogens (tertiary/aromatic N) is 2. The van der Waals surface area contributed by atoms with Crippen LogP contribution in [-0.4, -0.2) is 9.97 Å². The summed E-state index contributed by atoms with van der Waals surface area (Å²) in [7, 11) is 0. The lowest BCUT2D eigenvalue weighted by Crippen LogP contribution is -2.11. The Morgan fingerprint density at radius 1 is 1.39 bits per heavy atom. The largest absolute Gasteiger partial charge is 0.339 e. The summed E-state index contributed by atoms with van der Waals surface area (Å²) >= 11 is 5.96. The number of nitrogen functional groups attached to an aromatic ring is 1. The van der Waals surface area contributed by atoms with Gasteiger partial charge in [-0.05, 0) is 25.1 Å². The van der Waals surface area contributed by atoms with E-state index in [-0.39, 0.29) is 11.8 Å². The van der Waals surface area contributed by atoms with Gasteiger partial charge in [-0.15, -0.1) is 0 Å². The molecule has 0 aliphatic rings. The second-order valence-electron chi connectivity index (χ2n) is 3.62. The number of aryl methyl sites for hydroxylation is 1. The van der Waals surface area contributed by atoms with E-state index in [2.05, 4.69) is 20.7 Å². The Morgan fingerprint density at radius 3 is 2.89 bits per heavy atom. The molecular formula is C11H11ClFN5. The van der Waals surface area contributed by atoms with Gasteiger partial charge in [0.05, 0.1) is 10.7 Å². The highest BCUT2D eigenvalue weighted by molar-refractivity contribution is 6.33. The predicted molar refractivity (Wildman–Crippen MR) is 69.3 cm³/mol. The fourth-order valence-corrected chi connectivity index (χ4v) is 1.52. The first-order valence-corrected chi connectivity index (χ1v) is 5.50. The van der Waals surface area contributed by atoms with Gasteiger partial charge in [0.2, 0.25) is 5.95 Å². The van der Waals surface area contributed by atoms with Crippen molar-refractivity contribution in [3.05, 3.63) is 40.8 Å². The topological polar surface area (TPSA) is 75.9 Å². The van der Waals surface area contributed by atoms with E-state index in [9.17, 15) is 4.39 Å². The molecule has 1 aromatic heterocycles. The van der Waals surface area contributed by atoms with Crippen LogP contribution in [0.5, 0.6) is 0 Å². The van der Waals surface area contributed by atoms with Gasteiger partial charge in [-0.25, -0.2) is 15.2 Å². The summed E-state index contributed by atoms with van der Waals surface area (Å²) in [5, 5.41) is 3.34. The molecule has 0 unspecified atom stereocenters. The van der Waals surface area contributed by atoms with Crippen molar-refractivity contribution < 1.29 is 4.39 Å². The number of nitrogens with one attached hydrogen (secondary N) is 2. The zero-order chi connectivity index (χ0) is 13.1. The molecule has 0 spiro atoms. The van der Waals surface area contributed by atoms with E-state index < -0.39 is 0 Å². The van der Waals surface area contributed by atoms with Crippen LogP contribution in [0.2, 0.25) is 5.02 Å². The molecular weight excluding hydrogens is 257 g/mol. The summed E-state index contributed by atoms with van der Waals surface area (Å²) in [4.78, 5) is 8.06. The van der Waals surface area contributed by atoms with Crippen LogP contribution in [0.3, 0.4) is 0 Å². The molecule has 5 nitrogen and oxygen atoms in total. The lowest BCUT2D eigenvalue weighted by atomic mass is 10.3. The minimum Gasteiger partial charge on any atom is -0.339 e. The summed E-state index contributed by atoms with van der Waals surface area (Å²) in [5.74, 6) is 5.61. The van der Waals surface area contributed by atoms with Gasteiger partial charge >= 0.3 is 0 Å². The molecule has 1 aromatic carbocycles. The minimum absolute atomic E-state index is 0.260. The third kappa shape index (κ3) is 2.66. The van der Waals surface area contributed by atoms with E-state index >= 15 is 0 Å². The van der Waals surface area contributed by atoms with E-state index in [1.165, 1.54) is 18.2 Å². The first kappa shape index (κ1) is 12.5. The highest BCUT2D eigenvalue weighted by atomic mass is 35.5. The summed E-state index contributed by atoms with van der Waals surface area (Å²) in [6, 6.07) is 4.05. The second-order valence-corrected chi connectivity index (χ2v) is 4.03. The maximum absolute atomic E-state index is 13.1. The minimum atomic E-state index is -0.384. The molecule has 0 saturated carbocycles. The molecule has 0 radical (unpaired) electrons. The van der Waals surface area contributed by atoms with Gasteiger partial charge in [-0.2, -0.15) is 4.98 Å². The molecule has 1 heterocycles. The van der Waals surface area contributed by atoms with Crippen LogP contribution in [0.15, 0.2) is 24.4 Å². The molecule has 0 atom stereocenters. The van der Waals surface area contributed by atoms with E-state index in [1.807, 2.05) is 6.92 Å². The maximum atomic E-state index is 13.1. The number of anilines is 3. The Balaban J connectivity index is 2.36. The first-order chi connectivity index (χ1) is 8.60. The normalized spacial score (nSPS) is 10.2. The average Bonchev–Trinajstić information content (AvgIpc) is 2.36. The number of hydrogen-bond acceptors (Lipinski definition) is 5. The summed E-state index contributed by atoms with van der Waals surface area (Å²) in [5.41, 5.74) is 3.56. The molecule has 7 heteroatoms. The van der Waals surface area contributed by atoms with Gasteiger partial charge in [0.15, 0.2) is 0 Å². The lowest BCUT2D eigenvalue weighted by molar-refractivity contribution is 0.628. The van der Waals surface area contributed by atoms with Crippen LogP contribution in [0.25, 0.3) is 0 Å². The van der Waals surface area contributed by atoms with E-state index in [0.717, 1.165) is 5.56 Å². The molecule has 4 N–H and O–H groups in total. The smallest absolute Gasteiger partial charge is 0.239 e. The van der Waals surface area contributed by atoms with Gasteiger partial charge in [-0.1, -0.05) is 11.6 Å². The molecule has 2 aromatic rings. The van der Waals surface area contributed by atoms with Gasteiger partial charge in [0.25, 0.3) is 0 Å². The number of benzene rings is 1. The van der Waals surface area contributed by atoms with E-state index in [0.29, 0.717) is 16.5 Å². The standard InChI is InChI=1S/C11H11ClFN5/c1-6-5-15-11(18-14)17-10(6)16-9-4-7(13)2-3-8(9)12/h2-5H,14H2,1H3,(H2,15,16,17,18). The molecule has 0 bridgehead atoms. The monoisotopic (exact) mass is 267 g/mol. The van der Waals surface area contributed by atoms with Crippen molar-refractivity contribution in [2.24, 2.45) is 5.84 Å². The highest BCUT2D eigenvalue weighted by Gasteiger charge is 2.07. The summed E-state index contributed by atoms with van der Waals surface area (Å²) < 4.78 is 13.1. The fourth-order valence-electron chi connectivity index (χ4n) is 1.36. The molecule has 0 saturated heterocycles.